The predicted octanol–water partition coefficient (Wildman–Crippen LogP) is 2.17. The first-order valence-electron chi connectivity index (χ1n) is 5.15. The summed E-state index contributed by atoms with van der Waals surface area (Å²) in [5, 5.41) is 0. The fraction of sp³-hybridized carbons (Fsp3) is 0.909. The van der Waals surface area contributed by atoms with Crippen molar-refractivity contribution in [3.8, 4) is 0 Å². The van der Waals surface area contributed by atoms with Crippen molar-refractivity contribution in [1.29, 1.82) is 0 Å². The van der Waals surface area contributed by atoms with Crippen molar-refractivity contribution in [2.75, 3.05) is 26.7 Å². The molecule has 0 aliphatic carbocycles. The van der Waals surface area contributed by atoms with Crippen LogP contribution in [-0.4, -0.2) is 37.7 Å². The first-order chi connectivity index (χ1) is 5.90. The van der Waals surface area contributed by atoms with Crippen LogP contribution in [0.2, 0.25) is 0 Å². The molecule has 1 unspecified atom stereocenters. The average Bonchev–Trinajstić information content (AvgIpc) is 2.22. The Morgan fingerprint density at radius 3 is 0.964 bits per heavy atom. The second kappa shape index (κ2) is 76.9. The minimum absolute atomic E-state index is 0. The van der Waals surface area contributed by atoms with E-state index in [-0.39, 0.29) is 335 Å². The molecule has 1 radical (unpaired) electrons. The third-order valence-electron chi connectivity index (χ3n) is 2.90. The van der Waals surface area contributed by atoms with Gasteiger partial charge in [-0.2, -0.15) is 0 Å². The van der Waals surface area contributed by atoms with E-state index >= 15 is 0 Å². The quantitative estimate of drug-likeness (QED) is 0.374. The van der Waals surface area contributed by atoms with Gasteiger partial charge in [0.05, 0.1) is 6.10 Å². The maximum Gasteiger partial charge on any atom is 0.0727 e. The molecule has 0 amide bonds. The molecule has 0 saturated carbocycles. The summed E-state index contributed by atoms with van der Waals surface area (Å²) in [6.07, 6.45) is 3.26. The van der Waals surface area contributed by atoms with E-state index in [0.29, 0.717) is 6.10 Å². The van der Waals surface area contributed by atoms with Crippen LogP contribution in [0.3, 0.4) is 0 Å². The largest absolute Gasteiger partial charge is 0.380 e. The molecule has 3 rings (SSSR count). The Morgan fingerprint density at radius 1 is 0.607 bits per heavy atom. The van der Waals surface area contributed by atoms with Crippen LogP contribution >= 0.6 is 0 Å². The van der Waals surface area contributed by atoms with E-state index in [1.807, 2.05) is 21.0 Å². The molecule has 0 aromatic carbocycles. The summed E-state index contributed by atoms with van der Waals surface area (Å²) in [4.78, 5) is 2.51. The van der Waals surface area contributed by atoms with E-state index in [2.05, 4.69) is 4.90 Å². The molecule has 2 nitrogen and oxygen atoms in total. The molecule has 17 heteroatoms. The minimum atomic E-state index is 0. The first kappa shape index (κ1) is 107. The molecule has 3 heterocycles. The molecule has 3 saturated heterocycles. The van der Waals surface area contributed by atoms with Crippen molar-refractivity contribution in [2.45, 2.75) is 32.8 Å². The van der Waals surface area contributed by atoms with Crippen molar-refractivity contribution in [1.82, 2.24) is 4.90 Å². The molecular formula is C11H24NOW14Y-. The number of hydrogen-bond donors (Lipinski definition) is 0. The Kier molecular flexibility index (Phi) is 293. The van der Waals surface area contributed by atoms with Gasteiger partial charge in [-0.3, -0.25) is 0 Å². The van der Waals surface area contributed by atoms with E-state index in [9.17, 15) is 0 Å². The summed E-state index contributed by atoms with van der Waals surface area (Å²) in [5.41, 5.74) is 0. The maximum absolute atomic E-state index is 5.38. The normalized spacial score (nSPS) is 16.6. The van der Waals surface area contributed by atoms with Crippen LogP contribution in [0.4, 0.5) is 0 Å². The molecule has 28 heavy (non-hydrogen) atoms. The number of ether oxygens (including phenoxy) is 1. The molecule has 3 aliphatic heterocycles. The zero-order chi connectivity index (χ0) is 8.97. The van der Waals surface area contributed by atoms with Gasteiger partial charge in [-0.1, -0.05) is 13.8 Å². The van der Waals surface area contributed by atoms with Crippen molar-refractivity contribution in [3.05, 3.63) is 7.43 Å². The van der Waals surface area contributed by atoms with Gasteiger partial charge in [-0.05, 0) is 31.8 Å². The van der Waals surface area contributed by atoms with Crippen molar-refractivity contribution < 1.29 is 332 Å². The topological polar surface area (TPSA) is 12.5 Å². The molecule has 0 N–H and O–H groups in total. The standard InChI is InChI=1S/C8H15NO.C2H6.CH3.14W.Y/c1-10-8-6-9-4-2-7(8)3-5-9;1-2;;;;;;;;;;;;;;;;/h7-8H,2-6H2,1H3;1-2H3;1H3;;;;;;;;;;;;;;;/q;;-1;;;;;;;;;;;;;;;. The smallest absolute Gasteiger partial charge is 0.0727 e. The summed E-state index contributed by atoms with van der Waals surface area (Å²) in [6, 6.07) is 0. The van der Waals surface area contributed by atoms with Crippen molar-refractivity contribution in [2.24, 2.45) is 5.92 Å². The van der Waals surface area contributed by atoms with Gasteiger partial charge in [0.2, 0.25) is 0 Å². The number of fused-ring (bicyclic) bond motifs is 3. The average molecular weight is 2850 g/mol. The minimum Gasteiger partial charge on any atom is -0.380 e. The van der Waals surface area contributed by atoms with Crippen molar-refractivity contribution in [3.63, 3.8) is 0 Å². The van der Waals surface area contributed by atoms with Gasteiger partial charge in [0.15, 0.2) is 0 Å². The van der Waals surface area contributed by atoms with Gasteiger partial charge in [0.25, 0.3) is 0 Å². The van der Waals surface area contributed by atoms with Crippen molar-refractivity contribution >= 4 is 0 Å². The Hall–Kier alpha value is 10.7. The number of piperidine rings is 3. The molecule has 2 bridgehead atoms. The predicted molar refractivity (Wildman–Crippen MR) is 57.7 cm³/mol. The van der Waals surface area contributed by atoms with Crippen LogP contribution in [0.5, 0.6) is 0 Å². The van der Waals surface area contributed by atoms with Crippen LogP contribution in [0.15, 0.2) is 0 Å². The number of methoxy groups -OCH3 is 1. The molecule has 0 aromatic heterocycles. The van der Waals surface area contributed by atoms with Crippen LogP contribution in [-0.2, 0) is 332 Å². The number of nitrogens with zero attached hydrogens (tertiary/aromatic N) is 1. The Bertz CT molecular complexity index is 152. The monoisotopic (exact) mass is 2850 g/mol. The Morgan fingerprint density at radius 2 is 0.857 bits per heavy atom. The Labute approximate surface area is 400 Å². The van der Waals surface area contributed by atoms with Gasteiger partial charge >= 0.3 is 0 Å². The van der Waals surface area contributed by atoms with Crippen LogP contribution in [0, 0.1) is 13.3 Å². The van der Waals surface area contributed by atoms with Gasteiger partial charge < -0.3 is 17.1 Å². The molecule has 1 atom stereocenters. The van der Waals surface area contributed by atoms with Gasteiger partial charge in [0.1, 0.15) is 0 Å². The molecule has 0 aromatic rings. The summed E-state index contributed by atoms with van der Waals surface area (Å²) >= 11 is 0. The first-order valence-corrected chi connectivity index (χ1v) is 5.15. The van der Waals surface area contributed by atoms with E-state index < -0.39 is 0 Å². The molecular weight excluding hydrogens is 2820 g/mol. The SMILES string of the molecule is CC.COC1CN2CCC1CC2.[CH3-].[W].[W].[W].[W].[W].[W].[W].[W].[W].[W].[W].[W].[W].[W].[Y]. The van der Waals surface area contributed by atoms with E-state index in [1.54, 1.807) is 0 Å². The fourth-order valence-electron chi connectivity index (χ4n) is 2.18. The summed E-state index contributed by atoms with van der Waals surface area (Å²) in [6.45, 7) is 7.80. The van der Waals surface area contributed by atoms with E-state index in [0.717, 1.165) is 5.92 Å². The van der Waals surface area contributed by atoms with Crippen LogP contribution < -0.4 is 0 Å². The van der Waals surface area contributed by atoms with E-state index in [4.69, 9.17) is 4.74 Å². The second-order valence-electron chi connectivity index (χ2n) is 3.41. The van der Waals surface area contributed by atoms with E-state index in [1.165, 1.54) is 32.5 Å². The maximum atomic E-state index is 5.38. The number of rotatable bonds is 1. The summed E-state index contributed by atoms with van der Waals surface area (Å²) in [5.74, 6) is 0.870. The Balaban J connectivity index is -0.00000000557. The summed E-state index contributed by atoms with van der Waals surface area (Å²) in [7, 11) is 1.84. The van der Waals surface area contributed by atoms with Gasteiger partial charge in [-0.25, -0.2) is 0 Å². The van der Waals surface area contributed by atoms with Gasteiger partial charge in [-0.15, -0.1) is 0 Å². The van der Waals surface area contributed by atoms with Gasteiger partial charge in [0, 0.05) is 341 Å². The summed E-state index contributed by atoms with van der Waals surface area (Å²) < 4.78 is 5.38. The third-order valence-corrected chi connectivity index (χ3v) is 2.90. The molecule has 0 spiro atoms. The zero-order valence-corrected chi connectivity index (χ0v) is 59.7. The molecule has 167 valence electrons. The molecule has 3 fully saturated rings. The third kappa shape index (κ3) is 49.6. The van der Waals surface area contributed by atoms with Crippen LogP contribution in [0.1, 0.15) is 26.7 Å². The zero-order valence-electron chi connectivity index (χ0n) is 15.8. The second-order valence-corrected chi connectivity index (χ2v) is 3.41. The fourth-order valence-corrected chi connectivity index (χ4v) is 2.18. The molecule has 3 aliphatic rings. The number of hydrogen-bond acceptors (Lipinski definition) is 2. The van der Waals surface area contributed by atoms with Crippen LogP contribution in [0.25, 0.3) is 0 Å².